The molecular weight excluding hydrogens is 262 g/mol. The number of sulfonamides is 1. The van der Waals surface area contributed by atoms with Crippen molar-refractivity contribution in [1.82, 2.24) is 4.72 Å². The van der Waals surface area contributed by atoms with Crippen LogP contribution < -0.4 is 4.72 Å². The molecule has 0 saturated heterocycles. The standard InChI is InChI=1S/C8H9N5O2S2/c9-6-7-2-3-8(16-7)17(14,15)12-5-1-4-11-13-10/h2-3,12H,1,4-5H2. The van der Waals surface area contributed by atoms with Crippen LogP contribution in [-0.2, 0) is 10.0 Å². The summed E-state index contributed by atoms with van der Waals surface area (Å²) in [5.41, 5.74) is 8.02. The lowest BCUT2D eigenvalue weighted by atomic mass is 10.4. The van der Waals surface area contributed by atoms with E-state index in [1.54, 1.807) is 0 Å². The van der Waals surface area contributed by atoms with E-state index in [9.17, 15) is 8.42 Å². The van der Waals surface area contributed by atoms with Gasteiger partial charge in [-0.15, -0.1) is 11.3 Å². The van der Waals surface area contributed by atoms with Gasteiger partial charge in [0.15, 0.2) is 0 Å². The summed E-state index contributed by atoms with van der Waals surface area (Å²) in [4.78, 5) is 2.90. The summed E-state index contributed by atoms with van der Waals surface area (Å²) >= 11 is 0.915. The van der Waals surface area contributed by atoms with Crippen molar-refractivity contribution in [2.45, 2.75) is 10.6 Å². The molecule has 1 aromatic rings. The summed E-state index contributed by atoms with van der Waals surface area (Å²) in [6.45, 7) is 0.439. The molecule has 0 radical (unpaired) electrons. The molecule has 0 aliphatic rings. The molecule has 0 aromatic carbocycles. The van der Waals surface area contributed by atoms with Gasteiger partial charge in [0.05, 0.1) is 0 Å². The molecule has 0 aliphatic carbocycles. The number of nitrogens with one attached hydrogen (secondary N) is 1. The van der Waals surface area contributed by atoms with Gasteiger partial charge in [-0.25, -0.2) is 13.1 Å². The summed E-state index contributed by atoms with van der Waals surface area (Å²) in [6.07, 6.45) is 0.430. The van der Waals surface area contributed by atoms with Crippen molar-refractivity contribution < 1.29 is 8.42 Å². The minimum atomic E-state index is -3.55. The fourth-order valence-electron chi connectivity index (χ4n) is 0.997. The molecule has 1 rings (SSSR count). The average Bonchev–Trinajstić information content (AvgIpc) is 2.78. The summed E-state index contributed by atoms with van der Waals surface area (Å²) < 4.78 is 25.8. The van der Waals surface area contributed by atoms with Crippen molar-refractivity contribution in [3.05, 3.63) is 27.5 Å². The molecule has 0 aliphatic heterocycles. The second kappa shape index (κ2) is 6.22. The van der Waals surface area contributed by atoms with Gasteiger partial charge in [0.1, 0.15) is 15.2 Å². The van der Waals surface area contributed by atoms with Crippen LogP contribution in [0.5, 0.6) is 0 Å². The Labute approximate surface area is 102 Å². The Balaban J connectivity index is 2.57. The van der Waals surface area contributed by atoms with Crippen LogP contribution in [0, 0.1) is 11.3 Å². The van der Waals surface area contributed by atoms with Crippen molar-refractivity contribution in [2.24, 2.45) is 5.11 Å². The first-order valence-electron chi connectivity index (χ1n) is 4.60. The first-order valence-corrected chi connectivity index (χ1v) is 6.90. The van der Waals surface area contributed by atoms with E-state index in [-0.39, 0.29) is 17.3 Å². The van der Waals surface area contributed by atoms with Gasteiger partial charge >= 0.3 is 0 Å². The highest BCUT2D eigenvalue weighted by molar-refractivity contribution is 7.91. The number of rotatable bonds is 6. The Morgan fingerprint density at radius 1 is 1.59 bits per heavy atom. The van der Waals surface area contributed by atoms with E-state index in [4.69, 9.17) is 10.8 Å². The van der Waals surface area contributed by atoms with E-state index in [1.165, 1.54) is 12.1 Å². The van der Waals surface area contributed by atoms with Crippen LogP contribution in [0.15, 0.2) is 21.5 Å². The summed E-state index contributed by atoms with van der Waals surface area (Å²) in [6, 6.07) is 4.72. The molecule has 7 nitrogen and oxygen atoms in total. The molecule has 0 spiro atoms. The zero-order chi connectivity index (χ0) is 12.7. The molecular formula is C8H9N5O2S2. The van der Waals surface area contributed by atoms with Crippen molar-refractivity contribution >= 4 is 21.4 Å². The molecule has 1 heterocycles. The van der Waals surface area contributed by atoms with Gasteiger partial charge in [0.2, 0.25) is 10.0 Å². The van der Waals surface area contributed by atoms with Crippen molar-refractivity contribution in [3.63, 3.8) is 0 Å². The van der Waals surface area contributed by atoms with E-state index in [0.717, 1.165) is 11.3 Å². The molecule has 0 atom stereocenters. The Hall–Kier alpha value is -1.59. The summed E-state index contributed by atoms with van der Waals surface area (Å²) in [5.74, 6) is 0. The Morgan fingerprint density at radius 3 is 2.94 bits per heavy atom. The van der Waals surface area contributed by atoms with Crippen LogP contribution in [0.4, 0.5) is 0 Å². The van der Waals surface area contributed by atoms with Gasteiger partial charge < -0.3 is 0 Å². The van der Waals surface area contributed by atoms with Gasteiger partial charge in [0, 0.05) is 18.0 Å². The number of nitrogens with zero attached hydrogens (tertiary/aromatic N) is 4. The Bertz CT molecular complexity index is 565. The van der Waals surface area contributed by atoms with Gasteiger partial charge in [-0.1, -0.05) is 5.11 Å². The molecule has 1 N–H and O–H groups in total. The zero-order valence-corrected chi connectivity index (χ0v) is 10.3. The predicted molar refractivity (Wildman–Crippen MR) is 62.9 cm³/mol. The first kappa shape index (κ1) is 13.5. The molecule has 0 bridgehead atoms. The highest BCUT2D eigenvalue weighted by Gasteiger charge is 2.15. The number of azide groups is 1. The van der Waals surface area contributed by atoms with E-state index in [1.807, 2.05) is 6.07 Å². The minimum Gasteiger partial charge on any atom is -0.210 e. The number of nitriles is 1. The number of hydrogen-bond acceptors (Lipinski definition) is 5. The molecule has 0 saturated carbocycles. The molecule has 1 aromatic heterocycles. The maximum Gasteiger partial charge on any atom is 0.250 e. The van der Waals surface area contributed by atoms with Crippen molar-refractivity contribution in [2.75, 3.05) is 13.1 Å². The Kier molecular flexibility index (Phi) is 4.93. The van der Waals surface area contributed by atoms with E-state index >= 15 is 0 Å². The van der Waals surface area contributed by atoms with Gasteiger partial charge in [0.25, 0.3) is 0 Å². The van der Waals surface area contributed by atoms with E-state index in [2.05, 4.69) is 14.7 Å². The maximum atomic E-state index is 11.7. The van der Waals surface area contributed by atoms with Gasteiger partial charge in [-0.2, -0.15) is 5.26 Å². The average molecular weight is 271 g/mol. The predicted octanol–water partition coefficient (Wildman–Crippen LogP) is 1.60. The Morgan fingerprint density at radius 2 is 2.35 bits per heavy atom. The molecule has 9 heteroatoms. The quantitative estimate of drug-likeness (QED) is 0.366. The second-order valence-corrected chi connectivity index (χ2v) is 6.01. The smallest absolute Gasteiger partial charge is 0.210 e. The topological polar surface area (TPSA) is 119 Å². The van der Waals surface area contributed by atoms with Crippen LogP contribution in [0.25, 0.3) is 10.4 Å². The lowest BCUT2D eigenvalue weighted by molar-refractivity contribution is 0.581. The maximum absolute atomic E-state index is 11.7. The van der Waals surface area contributed by atoms with Crippen LogP contribution in [0.1, 0.15) is 11.3 Å². The van der Waals surface area contributed by atoms with E-state index in [0.29, 0.717) is 11.3 Å². The summed E-state index contributed by atoms with van der Waals surface area (Å²) in [5, 5.41) is 11.9. The fourth-order valence-corrected chi connectivity index (χ4v) is 3.22. The van der Waals surface area contributed by atoms with Crippen molar-refractivity contribution in [3.8, 4) is 6.07 Å². The van der Waals surface area contributed by atoms with Gasteiger partial charge in [-0.05, 0) is 24.1 Å². The SMILES string of the molecule is N#Cc1ccc(S(=O)(=O)NCCCN=[N+]=[N-])s1. The molecule has 0 amide bonds. The van der Waals surface area contributed by atoms with Crippen molar-refractivity contribution in [1.29, 1.82) is 5.26 Å². The molecule has 90 valence electrons. The molecule has 0 fully saturated rings. The van der Waals surface area contributed by atoms with Crippen LogP contribution in [0.2, 0.25) is 0 Å². The monoisotopic (exact) mass is 271 g/mol. The highest BCUT2D eigenvalue weighted by Crippen LogP contribution is 2.20. The molecule has 0 unspecified atom stereocenters. The largest absolute Gasteiger partial charge is 0.250 e. The van der Waals surface area contributed by atoms with Crippen LogP contribution in [0.3, 0.4) is 0 Å². The third-order valence-corrected chi connectivity index (χ3v) is 4.69. The fraction of sp³-hybridized carbons (Fsp3) is 0.375. The third kappa shape index (κ3) is 4.05. The third-order valence-electron chi connectivity index (χ3n) is 1.75. The molecule has 17 heavy (non-hydrogen) atoms. The first-order chi connectivity index (χ1) is 8.10. The van der Waals surface area contributed by atoms with Crippen LogP contribution in [-0.4, -0.2) is 21.5 Å². The normalized spacial score (nSPS) is 10.5. The number of hydrogen-bond donors (Lipinski definition) is 1. The lowest BCUT2D eigenvalue weighted by Crippen LogP contribution is -2.24. The lowest BCUT2D eigenvalue weighted by Gasteiger charge is -2.02. The highest BCUT2D eigenvalue weighted by atomic mass is 32.2. The number of thiophene rings is 1. The minimum absolute atomic E-state index is 0.109. The van der Waals surface area contributed by atoms with E-state index < -0.39 is 10.0 Å². The zero-order valence-electron chi connectivity index (χ0n) is 8.70. The summed E-state index contributed by atoms with van der Waals surface area (Å²) in [7, 11) is -3.55. The van der Waals surface area contributed by atoms with Crippen LogP contribution >= 0.6 is 11.3 Å². The van der Waals surface area contributed by atoms with Gasteiger partial charge in [-0.3, -0.25) is 0 Å². The second-order valence-electron chi connectivity index (χ2n) is 2.94.